The highest BCUT2D eigenvalue weighted by atomic mass is 16.5. The summed E-state index contributed by atoms with van der Waals surface area (Å²) < 4.78 is 5.22. The van der Waals surface area contributed by atoms with E-state index in [1.54, 1.807) is 7.11 Å². The lowest BCUT2D eigenvalue weighted by atomic mass is 10.1. The molecule has 0 bridgehead atoms. The van der Waals surface area contributed by atoms with Crippen LogP contribution in [0.4, 0.5) is 0 Å². The summed E-state index contributed by atoms with van der Waals surface area (Å²) in [4.78, 5) is 4.53. The first-order valence-electron chi connectivity index (χ1n) is 6.40. The van der Waals surface area contributed by atoms with Crippen molar-refractivity contribution in [3.8, 4) is 28.5 Å². The zero-order valence-corrected chi connectivity index (χ0v) is 11.4. The topological polar surface area (TPSA) is 50.8 Å². The summed E-state index contributed by atoms with van der Waals surface area (Å²) in [5, 5.41) is 7.24. The van der Waals surface area contributed by atoms with Crippen LogP contribution in [0, 0.1) is 6.92 Å². The smallest absolute Gasteiger partial charge is 0.181 e. The Balaban J connectivity index is 1.95. The van der Waals surface area contributed by atoms with Crippen molar-refractivity contribution < 1.29 is 4.74 Å². The highest BCUT2D eigenvalue weighted by Gasteiger charge is 2.08. The molecule has 0 fully saturated rings. The summed E-state index contributed by atoms with van der Waals surface area (Å²) in [5.41, 5.74) is 3.18. The first-order valence-corrected chi connectivity index (χ1v) is 6.40. The second kappa shape index (κ2) is 5.17. The molecule has 0 saturated heterocycles. The van der Waals surface area contributed by atoms with Gasteiger partial charge in [-0.3, -0.25) is 5.10 Å². The van der Waals surface area contributed by atoms with Gasteiger partial charge in [0.1, 0.15) is 5.75 Å². The molecule has 0 amide bonds. The lowest BCUT2D eigenvalue weighted by Crippen LogP contribution is -1.85. The third-order valence-corrected chi connectivity index (χ3v) is 3.14. The molecule has 0 radical (unpaired) electrons. The van der Waals surface area contributed by atoms with Crippen molar-refractivity contribution >= 4 is 0 Å². The Kier molecular flexibility index (Phi) is 3.21. The van der Waals surface area contributed by atoms with Gasteiger partial charge in [0.15, 0.2) is 11.6 Å². The summed E-state index contributed by atoms with van der Waals surface area (Å²) >= 11 is 0. The molecule has 20 heavy (non-hydrogen) atoms. The average Bonchev–Trinajstić information content (AvgIpc) is 2.98. The highest BCUT2D eigenvalue weighted by molar-refractivity contribution is 5.62. The standard InChI is InChI=1S/C16H15N3O/c1-11-6-8-12(9-7-11)15-17-16(19-18-15)13-4-3-5-14(10-13)20-2/h3-10H,1-2H3,(H,17,18,19). The van der Waals surface area contributed by atoms with E-state index in [2.05, 4.69) is 34.2 Å². The zero-order valence-electron chi connectivity index (χ0n) is 11.4. The second-order valence-corrected chi connectivity index (χ2v) is 4.61. The third kappa shape index (κ3) is 2.40. The summed E-state index contributed by atoms with van der Waals surface area (Å²) in [6.45, 7) is 2.06. The molecule has 100 valence electrons. The number of hydrogen-bond acceptors (Lipinski definition) is 3. The van der Waals surface area contributed by atoms with Gasteiger partial charge in [-0.2, -0.15) is 5.10 Å². The molecular weight excluding hydrogens is 250 g/mol. The molecule has 0 atom stereocenters. The van der Waals surface area contributed by atoms with Gasteiger partial charge >= 0.3 is 0 Å². The molecule has 4 heteroatoms. The Labute approximate surface area is 117 Å². The molecule has 0 aliphatic rings. The largest absolute Gasteiger partial charge is 0.497 e. The molecule has 1 N–H and O–H groups in total. The molecule has 0 spiro atoms. The predicted molar refractivity (Wildman–Crippen MR) is 78.5 cm³/mol. The van der Waals surface area contributed by atoms with Gasteiger partial charge in [-0.15, -0.1) is 0 Å². The molecule has 4 nitrogen and oxygen atoms in total. The van der Waals surface area contributed by atoms with Crippen molar-refractivity contribution in [3.63, 3.8) is 0 Å². The van der Waals surface area contributed by atoms with Crippen molar-refractivity contribution in [3.05, 3.63) is 54.1 Å². The van der Waals surface area contributed by atoms with Crippen LogP contribution in [0.2, 0.25) is 0 Å². The summed E-state index contributed by atoms with van der Waals surface area (Å²) in [7, 11) is 1.65. The summed E-state index contributed by atoms with van der Waals surface area (Å²) in [5.74, 6) is 2.23. The molecule has 2 aromatic carbocycles. The number of hydrogen-bond donors (Lipinski definition) is 1. The number of rotatable bonds is 3. The van der Waals surface area contributed by atoms with Gasteiger partial charge in [-0.05, 0) is 19.1 Å². The maximum absolute atomic E-state index is 5.22. The van der Waals surface area contributed by atoms with Gasteiger partial charge in [-0.1, -0.05) is 42.0 Å². The molecule has 0 unspecified atom stereocenters. The van der Waals surface area contributed by atoms with Crippen LogP contribution in [0.15, 0.2) is 48.5 Å². The lowest BCUT2D eigenvalue weighted by molar-refractivity contribution is 0.415. The number of ether oxygens (including phenoxy) is 1. The Morgan fingerprint density at radius 3 is 2.55 bits per heavy atom. The van der Waals surface area contributed by atoms with Gasteiger partial charge in [0.05, 0.1) is 7.11 Å². The fraction of sp³-hybridized carbons (Fsp3) is 0.125. The van der Waals surface area contributed by atoms with E-state index in [1.165, 1.54) is 5.56 Å². The quantitative estimate of drug-likeness (QED) is 0.789. The van der Waals surface area contributed by atoms with Crippen molar-refractivity contribution in [2.24, 2.45) is 0 Å². The third-order valence-electron chi connectivity index (χ3n) is 3.14. The predicted octanol–water partition coefficient (Wildman–Crippen LogP) is 3.46. The SMILES string of the molecule is COc1cccc(-c2n[nH]c(-c3ccc(C)cc3)n2)c1. The number of methoxy groups -OCH3 is 1. The Morgan fingerprint density at radius 2 is 1.80 bits per heavy atom. The van der Waals surface area contributed by atoms with Crippen molar-refractivity contribution in [1.82, 2.24) is 15.2 Å². The number of H-pyrrole nitrogens is 1. The van der Waals surface area contributed by atoms with Crippen LogP contribution < -0.4 is 4.74 Å². The van der Waals surface area contributed by atoms with Crippen LogP contribution in [-0.2, 0) is 0 Å². The van der Waals surface area contributed by atoms with Crippen LogP contribution in [-0.4, -0.2) is 22.3 Å². The van der Waals surface area contributed by atoms with E-state index in [0.29, 0.717) is 5.82 Å². The van der Waals surface area contributed by atoms with E-state index in [9.17, 15) is 0 Å². The number of aromatic nitrogens is 3. The van der Waals surface area contributed by atoms with Crippen molar-refractivity contribution in [2.75, 3.05) is 7.11 Å². The fourth-order valence-corrected chi connectivity index (χ4v) is 1.99. The molecular formula is C16H15N3O. The lowest BCUT2D eigenvalue weighted by Gasteiger charge is -2.00. The molecule has 3 aromatic rings. The van der Waals surface area contributed by atoms with Crippen molar-refractivity contribution in [2.45, 2.75) is 6.92 Å². The number of benzene rings is 2. The fourth-order valence-electron chi connectivity index (χ4n) is 1.99. The summed E-state index contributed by atoms with van der Waals surface area (Å²) in [6.07, 6.45) is 0. The molecule has 3 rings (SSSR count). The number of nitrogens with zero attached hydrogens (tertiary/aromatic N) is 2. The van der Waals surface area contributed by atoms with Gasteiger partial charge < -0.3 is 4.74 Å². The molecule has 1 heterocycles. The van der Waals surface area contributed by atoms with Crippen LogP contribution >= 0.6 is 0 Å². The Bertz CT molecular complexity index is 717. The van der Waals surface area contributed by atoms with Crippen LogP contribution in [0.5, 0.6) is 5.75 Å². The zero-order chi connectivity index (χ0) is 13.9. The number of nitrogens with one attached hydrogen (secondary N) is 1. The van der Waals surface area contributed by atoms with Crippen LogP contribution in [0.1, 0.15) is 5.56 Å². The van der Waals surface area contributed by atoms with E-state index in [1.807, 2.05) is 36.4 Å². The van der Waals surface area contributed by atoms with E-state index >= 15 is 0 Å². The van der Waals surface area contributed by atoms with Gasteiger partial charge in [0, 0.05) is 11.1 Å². The first-order chi connectivity index (χ1) is 9.76. The number of aryl methyl sites for hydroxylation is 1. The molecule has 0 aliphatic heterocycles. The van der Waals surface area contributed by atoms with Crippen molar-refractivity contribution in [1.29, 1.82) is 0 Å². The first kappa shape index (κ1) is 12.4. The Hall–Kier alpha value is -2.62. The van der Waals surface area contributed by atoms with Crippen LogP contribution in [0.3, 0.4) is 0 Å². The average molecular weight is 265 g/mol. The van der Waals surface area contributed by atoms with Gasteiger partial charge in [-0.25, -0.2) is 4.98 Å². The van der Waals surface area contributed by atoms with Crippen LogP contribution in [0.25, 0.3) is 22.8 Å². The maximum atomic E-state index is 5.22. The maximum Gasteiger partial charge on any atom is 0.181 e. The van der Waals surface area contributed by atoms with E-state index in [4.69, 9.17) is 4.74 Å². The molecule has 0 saturated carbocycles. The second-order valence-electron chi connectivity index (χ2n) is 4.61. The number of aromatic amines is 1. The van der Waals surface area contributed by atoms with E-state index in [0.717, 1.165) is 22.7 Å². The Morgan fingerprint density at radius 1 is 1.00 bits per heavy atom. The highest BCUT2D eigenvalue weighted by Crippen LogP contribution is 2.23. The normalized spacial score (nSPS) is 10.5. The monoisotopic (exact) mass is 265 g/mol. The summed E-state index contributed by atoms with van der Waals surface area (Å²) in [6, 6.07) is 15.9. The van der Waals surface area contributed by atoms with E-state index in [-0.39, 0.29) is 0 Å². The van der Waals surface area contributed by atoms with E-state index < -0.39 is 0 Å². The minimum Gasteiger partial charge on any atom is -0.497 e. The minimum atomic E-state index is 0.666. The van der Waals surface area contributed by atoms with Gasteiger partial charge in [0.25, 0.3) is 0 Å². The van der Waals surface area contributed by atoms with Gasteiger partial charge in [0.2, 0.25) is 0 Å². The minimum absolute atomic E-state index is 0.666. The molecule has 0 aliphatic carbocycles. The molecule has 1 aromatic heterocycles.